The van der Waals surface area contributed by atoms with Crippen molar-refractivity contribution in [3.05, 3.63) is 48.0 Å². The van der Waals surface area contributed by atoms with Crippen LogP contribution < -0.4 is 19.7 Å². The van der Waals surface area contributed by atoms with E-state index in [9.17, 15) is 5.11 Å². The lowest BCUT2D eigenvalue weighted by molar-refractivity contribution is 0.310. The second-order valence-electron chi connectivity index (χ2n) is 7.46. The lowest BCUT2D eigenvalue weighted by atomic mass is 10.1. The van der Waals surface area contributed by atoms with Crippen LogP contribution in [0.15, 0.2) is 47.5 Å². The summed E-state index contributed by atoms with van der Waals surface area (Å²) < 4.78 is 11.0. The van der Waals surface area contributed by atoms with Crippen molar-refractivity contribution in [2.45, 2.75) is 19.8 Å². The Morgan fingerprint density at radius 3 is 2.50 bits per heavy atom. The molecule has 0 atom stereocenters. The molecule has 8 heteroatoms. The van der Waals surface area contributed by atoms with E-state index in [1.807, 2.05) is 38.2 Å². The molecule has 1 fully saturated rings. The second kappa shape index (κ2) is 13.2. The van der Waals surface area contributed by atoms with Crippen molar-refractivity contribution in [2.24, 2.45) is 4.99 Å². The smallest absolute Gasteiger partial charge is 0.193 e. The molecule has 0 aliphatic carbocycles. The number of rotatable bonds is 8. The van der Waals surface area contributed by atoms with E-state index in [1.54, 1.807) is 13.2 Å². The first-order chi connectivity index (χ1) is 15.2. The maximum atomic E-state index is 10.1. The summed E-state index contributed by atoms with van der Waals surface area (Å²) >= 11 is 0. The normalized spacial score (nSPS) is 14.0. The van der Waals surface area contributed by atoms with Gasteiger partial charge in [0.05, 0.1) is 19.4 Å². The minimum Gasteiger partial charge on any atom is -0.506 e. The molecule has 1 heterocycles. The summed E-state index contributed by atoms with van der Waals surface area (Å²) in [5, 5.41) is 13.6. The van der Waals surface area contributed by atoms with Crippen LogP contribution in [0.3, 0.4) is 0 Å². The topological polar surface area (TPSA) is 69.6 Å². The number of para-hydroxylation sites is 2. The first kappa shape index (κ1) is 25.9. The van der Waals surface area contributed by atoms with Gasteiger partial charge in [0.25, 0.3) is 0 Å². The highest BCUT2D eigenvalue weighted by atomic mass is 127. The van der Waals surface area contributed by atoms with Crippen LogP contribution in [0.25, 0.3) is 0 Å². The summed E-state index contributed by atoms with van der Waals surface area (Å²) in [6.07, 6.45) is 1.95. The number of aliphatic imine (C=N–C) groups is 1. The molecule has 1 aliphatic rings. The van der Waals surface area contributed by atoms with Crippen LogP contribution in [0, 0.1) is 0 Å². The number of hydrogen-bond donors (Lipinski definition) is 2. The Kier molecular flexibility index (Phi) is 10.7. The van der Waals surface area contributed by atoms with Gasteiger partial charge < -0.3 is 29.7 Å². The average molecular weight is 554 g/mol. The summed E-state index contributed by atoms with van der Waals surface area (Å²) in [6.45, 7) is 6.88. The molecule has 1 aliphatic heterocycles. The standard InChI is InChI=1S/C24H34N4O3.HI/c1-4-31-23-18-19(11-12-22(23)30-3)8-7-13-26-24(25-2)28-16-14-27(15-17-28)20-9-5-6-10-21(20)29;/h5-6,9-12,18,29H,4,7-8,13-17H2,1-3H3,(H,25,26);1H. The Morgan fingerprint density at radius 1 is 1.09 bits per heavy atom. The molecule has 2 N–H and O–H groups in total. The van der Waals surface area contributed by atoms with Gasteiger partial charge >= 0.3 is 0 Å². The number of nitrogens with zero attached hydrogens (tertiary/aromatic N) is 3. The van der Waals surface area contributed by atoms with E-state index >= 15 is 0 Å². The largest absolute Gasteiger partial charge is 0.506 e. The molecule has 0 aromatic heterocycles. The van der Waals surface area contributed by atoms with Crippen LogP contribution in [0.4, 0.5) is 5.69 Å². The maximum Gasteiger partial charge on any atom is 0.193 e. The first-order valence-corrected chi connectivity index (χ1v) is 10.9. The molecular formula is C24H35IN4O3. The van der Waals surface area contributed by atoms with Gasteiger partial charge in [-0.15, -0.1) is 24.0 Å². The zero-order chi connectivity index (χ0) is 22.1. The zero-order valence-corrected chi connectivity index (χ0v) is 21.5. The molecule has 2 aromatic rings. The van der Waals surface area contributed by atoms with Gasteiger partial charge in [0.1, 0.15) is 5.75 Å². The summed E-state index contributed by atoms with van der Waals surface area (Å²) in [6, 6.07) is 13.6. The molecular weight excluding hydrogens is 519 g/mol. The van der Waals surface area contributed by atoms with Gasteiger partial charge in [-0.1, -0.05) is 18.2 Å². The Hall–Kier alpha value is -2.36. The summed E-state index contributed by atoms with van der Waals surface area (Å²) in [7, 11) is 3.49. The van der Waals surface area contributed by atoms with Gasteiger partial charge in [-0.05, 0) is 49.6 Å². The number of methoxy groups -OCH3 is 1. The SMILES string of the molecule is CCOc1cc(CCCNC(=NC)N2CCN(c3ccccc3O)CC2)ccc1OC.I. The first-order valence-electron chi connectivity index (χ1n) is 10.9. The van der Waals surface area contributed by atoms with E-state index in [1.165, 1.54) is 5.56 Å². The van der Waals surface area contributed by atoms with E-state index in [4.69, 9.17) is 9.47 Å². The van der Waals surface area contributed by atoms with Gasteiger partial charge in [-0.25, -0.2) is 0 Å². The predicted octanol–water partition coefficient (Wildman–Crippen LogP) is 3.75. The number of piperazine rings is 1. The number of anilines is 1. The second-order valence-corrected chi connectivity index (χ2v) is 7.46. The van der Waals surface area contributed by atoms with Gasteiger partial charge in [-0.2, -0.15) is 0 Å². The van der Waals surface area contributed by atoms with Crippen molar-refractivity contribution >= 4 is 35.6 Å². The van der Waals surface area contributed by atoms with E-state index in [2.05, 4.69) is 32.2 Å². The molecule has 7 nitrogen and oxygen atoms in total. The number of phenolic OH excluding ortho intramolecular Hbond substituents is 1. The number of aryl methyl sites for hydroxylation is 1. The lowest BCUT2D eigenvalue weighted by Gasteiger charge is -2.37. The molecule has 0 unspecified atom stereocenters. The molecule has 0 spiro atoms. The Labute approximate surface area is 208 Å². The van der Waals surface area contributed by atoms with Crippen LogP contribution in [0.1, 0.15) is 18.9 Å². The zero-order valence-electron chi connectivity index (χ0n) is 19.2. The molecule has 0 bridgehead atoms. The van der Waals surface area contributed by atoms with Crippen molar-refractivity contribution in [1.82, 2.24) is 10.2 Å². The third-order valence-electron chi connectivity index (χ3n) is 5.47. The number of nitrogens with one attached hydrogen (secondary N) is 1. The molecule has 2 aromatic carbocycles. The Morgan fingerprint density at radius 2 is 1.84 bits per heavy atom. The Balaban J connectivity index is 0.00000363. The summed E-state index contributed by atoms with van der Waals surface area (Å²) in [5.74, 6) is 2.84. The van der Waals surface area contributed by atoms with Gasteiger partial charge in [0, 0.05) is 39.8 Å². The number of halogens is 1. The number of aromatic hydroxyl groups is 1. The van der Waals surface area contributed by atoms with Crippen molar-refractivity contribution in [3.8, 4) is 17.2 Å². The van der Waals surface area contributed by atoms with Crippen LogP contribution >= 0.6 is 24.0 Å². The van der Waals surface area contributed by atoms with E-state index < -0.39 is 0 Å². The van der Waals surface area contributed by atoms with E-state index in [-0.39, 0.29) is 24.0 Å². The molecule has 0 amide bonds. The van der Waals surface area contributed by atoms with E-state index in [0.29, 0.717) is 12.4 Å². The highest BCUT2D eigenvalue weighted by molar-refractivity contribution is 14.0. The van der Waals surface area contributed by atoms with Crippen molar-refractivity contribution in [2.75, 3.05) is 58.4 Å². The fraction of sp³-hybridized carbons (Fsp3) is 0.458. The fourth-order valence-corrected chi connectivity index (χ4v) is 3.86. The van der Waals surface area contributed by atoms with Crippen LogP contribution in [0.5, 0.6) is 17.2 Å². The molecule has 32 heavy (non-hydrogen) atoms. The van der Waals surface area contributed by atoms with Crippen molar-refractivity contribution in [1.29, 1.82) is 0 Å². The van der Waals surface area contributed by atoms with Crippen molar-refractivity contribution < 1.29 is 14.6 Å². The lowest BCUT2D eigenvalue weighted by Crippen LogP contribution is -2.52. The highest BCUT2D eigenvalue weighted by Gasteiger charge is 2.21. The summed E-state index contributed by atoms with van der Waals surface area (Å²) in [5.41, 5.74) is 2.13. The maximum absolute atomic E-state index is 10.1. The van der Waals surface area contributed by atoms with Crippen LogP contribution in [-0.2, 0) is 6.42 Å². The fourth-order valence-electron chi connectivity index (χ4n) is 3.86. The minimum atomic E-state index is 0. The molecule has 3 rings (SSSR count). The minimum absolute atomic E-state index is 0. The third-order valence-corrected chi connectivity index (χ3v) is 5.47. The number of benzene rings is 2. The van der Waals surface area contributed by atoms with Gasteiger partial charge in [0.2, 0.25) is 0 Å². The van der Waals surface area contributed by atoms with Gasteiger partial charge in [-0.3, -0.25) is 4.99 Å². The quantitative estimate of drug-likeness (QED) is 0.224. The van der Waals surface area contributed by atoms with Gasteiger partial charge in [0.15, 0.2) is 17.5 Å². The number of hydrogen-bond acceptors (Lipinski definition) is 5. The molecule has 1 saturated heterocycles. The van der Waals surface area contributed by atoms with Crippen LogP contribution in [-0.4, -0.2) is 69.5 Å². The van der Waals surface area contributed by atoms with Crippen LogP contribution in [0.2, 0.25) is 0 Å². The monoisotopic (exact) mass is 554 g/mol. The highest BCUT2D eigenvalue weighted by Crippen LogP contribution is 2.29. The molecule has 176 valence electrons. The molecule has 0 radical (unpaired) electrons. The third kappa shape index (κ3) is 6.82. The predicted molar refractivity (Wildman–Crippen MR) is 141 cm³/mol. The Bertz CT molecular complexity index is 870. The average Bonchev–Trinajstić information content (AvgIpc) is 2.80. The number of guanidine groups is 1. The number of phenols is 1. The summed E-state index contributed by atoms with van der Waals surface area (Å²) in [4.78, 5) is 8.96. The van der Waals surface area contributed by atoms with Crippen molar-refractivity contribution in [3.63, 3.8) is 0 Å². The van der Waals surface area contributed by atoms with E-state index in [0.717, 1.165) is 68.7 Å². The number of ether oxygens (including phenoxy) is 2. The molecule has 0 saturated carbocycles.